The zero-order valence-electron chi connectivity index (χ0n) is 12.1. The molecule has 1 aliphatic heterocycles. The average molecular weight is 302 g/mol. The second-order valence-electron chi connectivity index (χ2n) is 6.20. The van der Waals surface area contributed by atoms with Gasteiger partial charge in [-0.3, -0.25) is 4.79 Å². The Labute approximate surface area is 121 Å². The van der Waals surface area contributed by atoms with Crippen molar-refractivity contribution in [3.63, 3.8) is 0 Å². The Balaban J connectivity index is 2.11. The molecule has 116 valence electrons. The molecular weight excluding hydrogens is 276 g/mol. The first-order chi connectivity index (χ1) is 9.49. The summed E-state index contributed by atoms with van der Waals surface area (Å²) in [5, 5.41) is 0. The maximum Gasteiger partial charge on any atom is 0.230 e. The van der Waals surface area contributed by atoms with Gasteiger partial charge in [0.25, 0.3) is 0 Å². The fourth-order valence-corrected chi connectivity index (χ4v) is 4.66. The topological polar surface area (TPSA) is 80.5 Å². The van der Waals surface area contributed by atoms with E-state index >= 15 is 0 Å². The highest BCUT2D eigenvalue weighted by Crippen LogP contribution is 2.36. The minimum atomic E-state index is -2.98. The molecule has 2 fully saturated rings. The molecule has 6 heteroatoms. The first kappa shape index (κ1) is 15.8. The van der Waals surface area contributed by atoms with Gasteiger partial charge in [-0.25, -0.2) is 8.42 Å². The van der Waals surface area contributed by atoms with Gasteiger partial charge in [-0.1, -0.05) is 25.7 Å². The summed E-state index contributed by atoms with van der Waals surface area (Å²) in [6, 6.07) is 0. The first-order valence-corrected chi connectivity index (χ1v) is 9.51. The van der Waals surface area contributed by atoms with Crippen LogP contribution in [0.1, 0.15) is 44.9 Å². The highest BCUT2D eigenvalue weighted by Gasteiger charge is 2.40. The molecule has 2 rings (SSSR count). The van der Waals surface area contributed by atoms with Crippen LogP contribution in [0.2, 0.25) is 0 Å². The first-order valence-electron chi connectivity index (χ1n) is 7.69. The van der Waals surface area contributed by atoms with Gasteiger partial charge in [0.05, 0.1) is 16.9 Å². The molecule has 1 saturated carbocycles. The Kier molecular flexibility index (Phi) is 5.07. The lowest BCUT2D eigenvalue weighted by Gasteiger charge is -2.35. The van der Waals surface area contributed by atoms with Gasteiger partial charge in [0, 0.05) is 19.6 Å². The van der Waals surface area contributed by atoms with Crippen LogP contribution in [0, 0.1) is 5.41 Å². The van der Waals surface area contributed by atoms with E-state index in [4.69, 9.17) is 5.73 Å². The monoisotopic (exact) mass is 302 g/mol. The van der Waals surface area contributed by atoms with Crippen LogP contribution in [0.15, 0.2) is 0 Å². The van der Waals surface area contributed by atoms with Crippen molar-refractivity contribution in [3.05, 3.63) is 0 Å². The number of sulfone groups is 1. The Morgan fingerprint density at radius 3 is 2.25 bits per heavy atom. The van der Waals surface area contributed by atoms with Crippen molar-refractivity contribution in [1.29, 1.82) is 0 Å². The number of hydrogen-bond donors (Lipinski definition) is 1. The summed E-state index contributed by atoms with van der Waals surface area (Å²) in [7, 11) is -2.98. The molecule has 1 aliphatic carbocycles. The molecule has 5 nitrogen and oxygen atoms in total. The van der Waals surface area contributed by atoms with Crippen LogP contribution in [0.5, 0.6) is 0 Å². The summed E-state index contributed by atoms with van der Waals surface area (Å²) >= 11 is 0. The fourth-order valence-electron chi connectivity index (χ4n) is 3.39. The highest BCUT2D eigenvalue weighted by molar-refractivity contribution is 7.91. The van der Waals surface area contributed by atoms with Gasteiger partial charge in [-0.05, 0) is 19.3 Å². The van der Waals surface area contributed by atoms with Crippen molar-refractivity contribution in [1.82, 2.24) is 4.90 Å². The number of carbonyl (C=O) groups excluding carboxylic acids is 1. The van der Waals surface area contributed by atoms with E-state index in [0.29, 0.717) is 26.1 Å². The molecule has 0 aromatic rings. The molecule has 0 unspecified atom stereocenters. The summed E-state index contributed by atoms with van der Waals surface area (Å²) in [5.74, 6) is 0.394. The van der Waals surface area contributed by atoms with Crippen molar-refractivity contribution in [2.45, 2.75) is 44.9 Å². The van der Waals surface area contributed by atoms with Crippen LogP contribution in [-0.4, -0.2) is 50.4 Å². The molecule has 2 N–H and O–H groups in total. The number of hydrogen-bond acceptors (Lipinski definition) is 4. The second kappa shape index (κ2) is 6.43. The van der Waals surface area contributed by atoms with Crippen molar-refractivity contribution in [2.75, 3.05) is 31.1 Å². The summed E-state index contributed by atoms with van der Waals surface area (Å²) in [5.41, 5.74) is 5.50. The third kappa shape index (κ3) is 3.52. The zero-order valence-corrected chi connectivity index (χ0v) is 13.0. The lowest BCUT2D eigenvalue weighted by Crippen LogP contribution is -2.48. The third-order valence-corrected chi connectivity index (χ3v) is 6.46. The molecule has 1 heterocycles. The number of carbonyl (C=O) groups is 1. The number of nitrogens with zero attached hydrogens (tertiary/aromatic N) is 1. The predicted octanol–water partition coefficient (Wildman–Crippen LogP) is 0.933. The SMILES string of the molecule is NCC1(C(=O)N2CCCS(=O)(=O)CC2)CCCCCC1. The molecule has 0 spiro atoms. The van der Waals surface area contributed by atoms with Crippen LogP contribution < -0.4 is 5.73 Å². The maximum atomic E-state index is 12.9. The van der Waals surface area contributed by atoms with E-state index in [1.165, 1.54) is 12.8 Å². The van der Waals surface area contributed by atoms with E-state index < -0.39 is 15.3 Å². The number of amides is 1. The van der Waals surface area contributed by atoms with E-state index in [9.17, 15) is 13.2 Å². The number of rotatable bonds is 2. The highest BCUT2D eigenvalue weighted by atomic mass is 32.2. The van der Waals surface area contributed by atoms with Gasteiger partial charge < -0.3 is 10.6 Å². The van der Waals surface area contributed by atoms with E-state index in [-0.39, 0.29) is 17.4 Å². The van der Waals surface area contributed by atoms with Gasteiger partial charge >= 0.3 is 0 Å². The molecule has 2 aliphatic rings. The quantitative estimate of drug-likeness (QED) is 0.770. The lowest BCUT2D eigenvalue weighted by molar-refractivity contribution is -0.142. The third-order valence-electron chi connectivity index (χ3n) is 4.75. The molecule has 0 aromatic carbocycles. The van der Waals surface area contributed by atoms with Crippen LogP contribution in [0.3, 0.4) is 0 Å². The molecule has 0 radical (unpaired) electrons. The minimum absolute atomic E-state index is 0.0963. The molecule has 1 saturated heterocycles. The summed E-state index contributed by atoms with van der Waals surface area (Å²) < 4.78 is 23.3. The molecule has 20 heavy (non-hydrogen) atoms. The van der Waals surface area contributed by atoms with Gasteiger partial charge in [0.15, 0.2) is 9.84 Å². The maximum absolute atomic E-state index is 12.9. The van der Waals surface area contributed by atoms with Gasteiger partial charge in [-0.15, -0.1) is 0 Å². The second-order valence-corrected chi connectivity index (χ2v) is 8.50. The molecule has 1 amide bonds. The molecule has 0 bridgehead atoms. The predicted molar refractivity (Wildman–Crippen MR) is 79.0 cm³/mol. The molecule has 0 aromatic heterocycles. The summed E-state index contributed by atoms with van der Waals surface area (Å²) in [4.78, 5) is 14.6. The van der Waals surface area contributed by atoms with Gasteiger partial charge in [0.2, 0.25) is 5.91 Å². The van der Waals surface area contributed by atoms with Crippen molar-refractivity contribution >= 4 is 15.7 Å². The Morgan fingerprint density at radius 2 is 1.65 bits per heavy atom. The largest absolute Gasteiger partial charge is 0.341 e. The van der Waals surface area contributed by atoms with Gasteiger partial charge in [0.1, 0.15) is 0 Å². The summed E-state index contributed by atoms with van der Waals surface area (Å²) in [6.45, 7) is 1.28. The standard InChI is InChI=1S/C14H26N2O3S/c15-12-14(6-3-1-2-4-7-14)13(17)16-8-5-10-20(18,19)11-9-16/h1-12,15H2. The van der Waals surface area contributed by atoms with Crippen LogP contribution >= 0.6 is 0 Å². The minimum Gasteiger partial charge on any atom is -0.341 e. The fraction of sp³-hybridized carbons (Fsp3) is 0.929. The van der Waals surface area contributed by atoms with E-state index in [0.717, 1.165) is 25.7 Å². The average Bonchev–Trinajstić information content (AvgIpc) is 2.76. The Hall–Kier alpha value is -0.620. The van der Waals surface area contributed by atoms with E-state index in [1.807, 2.05) is 0 Å². The Bertz CT molecular complexity index is 439. The smallest absolute Gasteiger partial charge is 0.230 e. The van der Waals surface area contributed by atoms with Crippen LogP contribution in [-0.2, 0) is 14.6 Å². The van der Waals surface area contributed by atoms with Crippen molar-refractivity contribution in [2.24, 2.45) is 11.1 Å². The molecular formula is C14H26N2O3S. The van der Waals surface area contributed by atoms with Crippen LogP contribution in [0.25, 0.3) is 0 Å². The van der Waals surface area contributed by atoms with E-state index in [2.05, 4.69) is 0 Å². The molecule has 0 atom stereocenters. The van der Waals surface area contributed by atoms with Gasteiger partial charge in [-0.2, -0.15) is 0 Å². The van der Waals surface area contributed by atoms with Crippen molar-refractivity contribution < 1.29 is 13.2 Å². The number of nitrogens with two attached hydrogens (primary N) is 1. The van der Waals surface area contributed by atoms with E-state index in [1.54, 1.807) is 4.90 Å². The Morgan fingerprint density at radius 1 is 1.00 bits per heavy atom. The van der Waals surface area contributed by atoms with Crippen LogP contribution in [0.4, 0.5) is 0 Å². The zero-order chi connectivity index (χ0) is 14.6. The summed E-state index contributed by atoms with van der Waals surface area (Å²) in [6.07, 6.45) is 6.70. The normalized spacial score (nSPS) is 26.6. The van der Waals surface area contributed by atoms with Crippen molar-refractivity contribution in [3.8, 4) is 0 Å². The lowest BCUT2D eigenvalue weighted by atomic mass is 9.79.